The van der Waals surface area contributed by atoms with Gasteiger partial charge in [-0.2, -0.15) is 0 Å². The molecule has 0 aromatic heterocycles. The van der Waals surface area contributed by atoms with Crippen molar-refractivity contribution in [1.29, 1.82) is 0 Å². The zero-order chi connectivity index (χ0) is 14.3. The minimum Gasteiger partial charge on any atom is -0.477 e. The number of nitrogens with zero attached hydrogens (tertiary/aromatic N) is 1. The van der Waals surface area contributed by atoms with Crippen molar-refractivity contribution < 1.29 is 19.8 Å². The number of amides is 1. The van der Waals surface area contributed by atoms with E-state index in [9.17, 15) is 19.8 Å². The molecule has 0 spiro atoms. The summed E-state index contributed by atoms with van der Waals surface area (Å²) in [7, 11) is 0. The fourth-order valence-electron chi connectivity index (χ4n) is 2.88. The molecule has 6 nitrogen and oxygen atoms in total. The van der Waals surface area contributed by atoms with Gasteiger partial charge in [-0.15, -0.1) is 11.8 Å². The Bertz CT molecular complexity index is 449. The van der Waals surface area contributed by atoms with Gasteiger partial charge in [-0.1, -0.05) is 6.92 Å². The molecule has 0 saturated carbocycles. The van der Waals surface area contributed by atoms with Gasteiger partial charge in [-0.25, -0.2) is 4.79 Å². The summed E-state index contributed by atoms with van der Waals surface area (Å²) in [4.78, 5) is 25.4. The Balaban J connectivity index is 2.32. The van der Waals surface area contributed by atoms with Crippen molar-refractivity contribution in [2.75, 3.05) is 12.3 Å². The number of aliphatic carboxylic acids is 1. The van der Waals surface area contributed by atoms with Crippen LogP contribution in [0.3, 0.4) is 0 Å². The molecule has 19 heavy (non-hydrogen) atoms. The first kappa shape index (κ1) is 14.4. The number of carbonyl (C=O) groups excluding carboxylic acids is 1. The molecule has 0 aliphatic carbocycles. The van der Waals surface area contributed by atoms with Crippen LogP contribution in [0.15, 0.2) is 10.6 Å². The van der Waals surface area contributed by atoms with Gasteiger partial charge in [0.1, 0.15) is 5.70 Å². The highest BCUT2D eigenvalue weighted by molar-refractivity contribution is 8.03. The monoisotopic (exact) mass is 286 g/mol. The summed E-state index contributed by atoms with van der Waals surface area (Å²) >= 11 is 1.39. The maximum atomic E-state index is 12.0. The van der Waals surface area contributed by atoms with Crippen LogP contribution in [-0.2, 0) is 9.59 Å². The fraction of sp³-hybridized carbons (Fsp3) is 0.667. The number of hydrogen-bond acceptors (Lipinski definition) is 5. The van der Waals surface area contributed by atoms with E-state index in [-0.39, 0.29) is 23.6 Å². The van der Waals surface area contributed by atoms with E-state index >= 15 is 0 Å². The molecule has 2 heterocycles. The molecule has 0 aromatic carbocycles. The van der Waals surface area contributed by atoms with Gasteiger partial charge < -0.3 is 20.8 Å². The number of carboxylic acid groups (broad SMARTS) is 1. The van der Waals surface area contributed by atoms with Gasteiger partial charge in [-0.05, 0) is 6.92 Å². The second-order valence-electron chi connectivity index (χ2n) is 4.91. The van der Waals surface area contributed by atoms with Crippen LogP contribution < -0.4 is 5.73 Å². The van der Waals surface area contributed by atoms with E-state index in [0.29, 0.717) is 17.2 Å². The molecular formula is C12H18N2O4S. The standard InChI is InChI=1S/C12H18N2O4S/c1-5-8-7(6(2)15)11(16)14(8)9(12(17)18)10(5)19-4-3-13/h5-8,15H,3-4,13H2,1-2H3,(H,17,18). The first-order valence-corrected chi connectivity index (χ1v) is 7.21. The third-order valence-electron chi connectivity index (χ3n) is 3.69. The third kappa shape index (κ3) is 2.05. The van der Waals surface area contributed by atoms with Gasteiger partial charge in [0.15, 0.2) is 0 Å². The van der Waals surface area contributed by atoms with Crippen LogP contribution in [0.25, 0.3) is 0 Å². The zero-order valence-electron chi connectivity index (χ0n) is 10.9. The van der Waals surface area contributed by atoms with Gasteiger partial charge in [-0.3, -0.25) is 4.79 Å². The lowest BCUT2D eigenvalue weighted by atomic mass is 9.79. The van der Waals surface area contributed by atoms with Crippen molar-refractivity contribution in [2.45, 2.75) is 26.0 Å². The number of carboxylic acids is 1. The number of aliphatic hydroxyl groups excluding tert-OH is 1. The molecule has 0 radical (unpaired) electrons. The van der Waals surface area contributed by atoms with E-state index in [1.165, 1.54) is 16.7 Å². The van der Waals surface area contributed by atoms with E-state index in [4.69, 9.17) is 5.73 Å². The topological polar surface area (TPSA) is 104 Å². The number of thioether (sulfide) groups is 1. The van der Waals surface area contributed by atoms with Crippen molar-refractivity contribution in [3.05, 3.63) is 10.6 Å². The van der Waals surface area contributed by atoms with Crippen molar-refractivity contribution in [3.63, 3.8) is 0 Å². The van der Waals surface area contributed by atoms with Crippen LogP contribution >= 0.6 is 11.8 Å². The fourth-order valence-corrected chi connectivity index (χ4v) is 3.95. The zero-order valence-corrected chi connectivity index (χ0v) is 11.7. The third-order valence-corrected chi connectivity index (χ3v) is 5.00. The smallest absolute Gasteiger partial charge is 0.353 e. The van der Waals surface area contributed by atoms with Crippen molar-refractivity contribution in [3.8, 4) is 0 Å². The molecule has 4 N–H and O–H groups in total. The Hall–Kier alpha value is -1.05. The van der Waals surface area contributed by atoms with Crippen LogP contribution in [-0.4, -0.2) is 51.4 Å². The van der Waals surface area contributed by atoms with Crippen LogP contribution in [0.5, 0.6) is 0 Å². The molecule has 4 unspecified atom stereocenters. The summed E-state index contributed by atoms with van der Waals surface area (Å²) in [5, 5.41) is 19.0. The Morgan fingerprint density at radius 3 is 2.68 bits per heavy atom. The molecule has 7 heteroatoms. The second kappa shape index (κ2) is 5.15. The predicted molar refractivity (Wildman–Crippen MR) is 71.1 cm³/mol. The molecule has 1 fully saturated rings. The van der Waals surface area contributed by atoms with Crippen LogP contribution in [0, 0.1) is 11.8 Å². The Morgan fingerprint density at radius 1 is 1.58 bits per heavy atom. The number of rotatable bonds is 5. The number of carbonyl (C=O) groups is 2. The van der Waals surface area contributed by atoms with Crippen LogP contribution in [0.2, 0.25) is 0 Å². The summed E-state index contributed by atoms with van der Waals surface area (Å²) < 4.78 is 0. The van der Waals surface area contributed by atoms with E-state index in [2.05, 4.69) is 0 Å². The van der Waals surface area contributed by atoms with Crippen molar-refractivity contribution in [1.82, 2.24) is 4.90 Å². The largest absolute Gasteiger partial charge is 0.477 e. The Morgan fingerprint density at radius 2 is 2.21 bits per heavy atom. The lowest BCUT2D eigenvalue weighted by Gasteiger charge is -2.46. The molecule has 2 rings (SSSR count). The molecule has 0 bridgehead atoms. The first-order valence-electron chi connectivity index (χ1n) is 6.23. The lowest BCUT2D eigenvalue weighted by Crippen LogP contribution is -2.63. The lowest BCUT2D eigenvalue weighted by molar-refractivity contribution is -0.163. The van der Waals surface area contributed by atoms with E-state index in [1.807, 2.05) is 6.92 Å². The summed E-state index contributed by atoms with van der Waals surface area (Å²) in [5.74, 6) is -1.34. The number of β-lactam (4-membered cyclic amide) rings is 1. The molecule has 2 aliphatic rings. The minimum atomic E-state index is -1.09. The molecule has 2 aliphatic heterocycles. The molecule has 106 valence electrons. The second-order valence-corrected chi connectivity index (χ2v) is 6.05. The van der Waals surface area contributed by atoms with Crippen LogP contribution in [0.1, 0.15) is 13.8 Å². The number of hydrogen-bond donors (Lipinski definition) is 3. The number of nitrogens with two attached hydrogens (primary N) is 1. The van der Waals surface area contributed by atoms with E-state index < -0.39 is 18.0 Å². The molecule has 1 saturated heterocycles. The van der Waals surface area contributed by atoms with Crippen LogP contribution in [0.4, 0.5) is 0 Å². The molecule has 0 aromatic rings. The summed E-state index contributed by atoms with van der Waals surface area (Å²) in [6, 6.07) is -0.237. The van der Waals surface area contributed by atoms with Gasteiger partial charge in [0.25, 0.3) is 0 Å². The van der Waals surface area contributed by atoms with Gasteiger partial charge >= 0.3 is 5.97 Å². The van der Waals surface area contributed by atoms with E-state index in [0.717, 1.165) is 0 Å². The molecule has 1 amide bonds. The maximum Gasteiger partial charge on any atom is 0.353 e. The normalized spacial score (nSPS) is 31.3. The maximum absolute atomic E-state index is 12.0. The SMILES string of the molecule is CC(O)C1C(=O)N2C(C(=O)O)=C(SCCN)C(C)C12. The van der Waals surface area contributed by atoms with Gasteiger partial charge in [0, 0.05) is 23.1 Å². The number of fused-ring (bicyclic) bond motifs is 1. The summed E-state index contributed by atoms with van der Waals surface area (Å²) in [6.07, 6.45) is -0.759. The first-order chi connectivity index (χ1) is 8.91. The molecular weight excluding hydrogens is 268 g/mol. The van der Waals surface area contributed by atoms with Gasteiger partial charge in [0.2, 0.25) is 5.91 Å². The Kier molecular flexibility index (Phi) is 3.89. The highest BCUT2D eigenvalue weighted by Crippen LogP contribution is 2.50. The Labute approximate surface area is 115 Å². The number of aliphatic hydroxyl groups is 1. The van der Waals surface area contributed by atoms with E-state index in [1.54, 1.807) is 6.92 Å². The van der Waals surface area contributed by atoms with Crippen molar-refractivity contribution >= 4 is 23.6 Å². The average molecular weight is 286 g/mol. The highest BCUT2D eigenvalue weighted by Gasteiger charge is 2.59. The minimum absolute atomic E-state index is 0.0675. The van der Waals surface area contributed by atoms with Gasteiger partial charge in [0.05, 0.1) is 18.1 Å². The highest BCUT2D eigenvalue weighted by atomic mass is 32.2. The summed E-state index contributed by atoms with van der Waals surface area (Å²) in [5.41, 5.74) is 5.52. The molecule has 4 atom stereocenters. The average Bonchev–Trinajstić information content (AvgIpc) is 2.56. The quantitative estimate of drug-likeness (QED) is 0.606. The summed E-state index contributed by atoms with van der Waals surface area (Å²) in [6.45, 7) is 3.92. The van der Waals surface area contributed by atoms with Crippen molar-refractivity contribution in [2.24, 2.45) is 17.6 Å². The predicted octanol–water partition coefficient (Wildman–Crippen LogP) is -0.168.